The standard InChI is InChI=1S/C20H21N3O3/c1-2-25-20(24)22-21-14-16-15-23(19-11-7-6-10-18(16)19)12-13-26-17-8-4-3-5-9-17/h3-11,14-15H,2,12-13H2,1H3,(H,22,24)/b21-14+. The Kier molecular flexibility index (Phi) is 5.88. The van der Waals surface area contributed by atoms with Gasteiger partial charge in [0.05, 0.1) is 19.4 Å². The highest BCUT2D eigenvalue weighted by Crippen LogP contribution is 2.20. The van der Waals surface area contributed by atoms with Crippen LogP contribution in [-0.4, -0.2) is 30.1 Å². The molecule has 0 aliphatic heterocycles. The lowest BCUT2D eigenvalue weighted by Crippen LogP contribution is -2.18. The van der Waals surface area contributed by atoms with Crippen LogP contribution in [0.3, 0.4) is 0 Å². The van der Waals surface area contributed by atoms with Gasteiger partial charge in [-0.2, -0.15) is 5.10 Å². The third-order valence-corrected chi connectivity index (χ3v) is 3.80. The molecule has 0 saturated carbocycles. The first-order valence-corrected chi connectivity index (χ1v) is 8.49. The predicted molar refractivity (Wildman–Crippen MR) is 102 cm³/mol. The molecule has 0 bridgehead atoms. The van der Waals surface area contributed by atoms with Crippen molar-refractivity contribution < 1.29 is 14.3 Å². The largest absolute Gasteiger partial charge is 0.492 e. The minimum Gasteiger partial charge on any atom is -0.492 e. The van der Waals surface area contributed by atoms with Crippen LogP contribution >= 0.6 is 0 Å². The molecule has 1 N–H and O–H groups in total. The van der Waals surface area contributed by atoms with Gasteiger partial charge in [-0.3, -0.25) is 0 Å². The minimum atomic E-state index is -0.566. The lowest BCUT2D eigenvalue weighted by Gasteiger charge is -2.08. The quantitative estimate of drug-likeness (QED) is 0.520. The number of hydrogen-bond donors (Lipinski definition) is 1. The van der Waals surface area contributed by atoms with E-state index in [0.717, 1.165) is 22.2 Å². The molecule has 134 valence electrons. The summed E-state index contributed by atoms with van der Waals surface area (Å²) in [6.07, 6.45) is 3.05. The SMILES string of the molecule is CCOC(=O)N/N=C/c1cn(CCOc2ccccc2)c2ccccc12. The Hall–Kier alpha value is -3.28. The summed E-state index contributed by atoms with van der Waals surface area (Å²) in [4.78, 5) is 11.3. The molecule has 1 aromatic heterocycles. The summed E-state index contributed by atoms with van der Waals surface area (Å²) in [5.74, 6) is 0.851. The fourth-order valence-electron chi connectivity index (χ4n) is 2.66. The fraction of sp³-hybridized carbons (Fsp3) is 0.200. The second kappa shape index (κ2) is 8.71. The number of carbonyl (C=O) groups is 1. The molecule has 0 spiro atoms. The van der Waals surface area contributed by atoms with E-state index >= 15 is 0 Å². The lowest BCUT2D eigenvalue weighted by molar-refractivity contribution is 0.152. The second-order valence-electron chi connectivity index (χ2n) is 5.55. The van der Waals surface area contributed by atoms with E-state index in [9.17, 15) is 4.79 Å². The molecule has 0 aliphatic rings. The van der Waals surface area contributed by atoms with Gasteiger partial charge in [-0.15, -0.1) is 0 Å². The number of ether oxygens (including phenoxy) is 2. The van der Waals surface area contributed by atoms with Crippen LogP contribution in [0.2, 0.25) is 0 Å². The fourth-order valence-corrected chi connectivity index (χ4v) is 2.66. The molecule has 26 heavy (non-hydrogen) atoms. The first kappa shape index (κ1) is 17.5. The van der Waals surface area contributed by atoms with Crippen molar-refractivity contribution in [3.8, 4) is 5.75 Å². The maximum Gasteiger partial charge on any atom is 0.427 e. The normalized spacial score (nSPS) is 11.0. The predicted octanol–water partition coefficient (Wildman–Crippen LogP) is 3.80. The molecule has 2 aromatic carbocycles. The number of aromatic nitrogens is 1. The molecule has 0 aliphatic carbocycles. The molecular weight excluding hydrogens is 330 g/mol. The summed E-state index contributed by atoms with van der Waals surface area (Å²) < 4.78 is 12.7. The topological polar surface area (TPSA) is 64.8 Å². The zero-order chi connectivity index (χ0) is 18.2. The van der Waals surface area contributed by atoms with E-state index in [1.165, 1.54) is 0 Å². The molecule has 3 rings (SSSR count). The van der Waals surface area contributed by atoms with E-state index in [1.54, 1.807) is 13.1 Å². The monoisotopic (exact) mass is 351 g/mol. The van der Waals surface area contributed by atoms with E-state index in [4.69, 9.17) is 9.47 Å². The average molecular weight is 351 g/mol. The highest BCUT2D eigenvalue weighted by Gasteiger charge is 2.07. The first-order chi connectivity index (χ1) is 12.8. The molecule has 6 heteroatoms. The van der Waals surface area contributed by atoms with Gasteiger partial charge in [0.25, 0.3) is 0 Å². The van der Waals surface area contributed by atoms with Crippen molar-refractivity contribution in [2.75, 3.05) is 13.2 Å². The number of nitrogens with one attached hydrogen (secondary N) is 1. The van der Waals surface area contributed by atoms with Gasteiger partial charge >= 0.3 is 6.09 Å². The summed E-state index contributed by atoms with van der Waals surface area (Å²) in [5, 5.41) is 5.01. The number of hydrazone groups is 1. The smallest absolute Gasteiger partial charge is 0.427 e. The Morgan fingerprint density at radius 2 is 1.92 bits per heavy atom. The summed E-state index contributed by atoms with van der Waals surface area (Å²) in [6, 6.07) is 17.8. The Bertz CT molecular complexity index is 888. The Labute approximate surface area is 152 Å². The molecule has 0 saturated heterocycles. The van der Waals surface area contributed by atoms with Crippen LogP contribution in [0.5, 0.6) is 5.75 Å². The average Bonchev–Trinajstić information content (AvgIpc) is 3.01. The van der Waals surface area contributed by atoms with Crippen molar-refractivity contribution >= 4 is 23.2 Å². The second-order valence-corrected chi connectivity index (χ2v) is 5.55. The number of para-hydroxylation sites is 2. The molecule has 1 amide bonds. The van der Waals surface area contributed by atoms with Gasteiger partial charge in [0.1, 0.15) is 12.4 Å². The maximum absolute atomic E-state index is 11.3. The zero-order valence-electron chi connectivity index (χ0n) is 14.6. The number of benzene rings is 2. The molecular formula is C20H21N3O3. The number of fused-ring (bicyclic) bond motifs is 1. The van der Waals surface area contributed by atoms with Crippen LogP contribution in [0, 0.1) is 0 Å². The summed E-state index contributed by atoms with van der Waals surface area (Å²) >= 11 is 0. The van der Waals surface area contributed by atoms with Gasteiger partial charge in [-0.25, -0.2) is 10.2 Å². The van der Waals surface area contributed by atoms with E-state index in [-0.39, 0.29) is 0 Å². The Morgan fingerprint density at radius 3 is 2.73 bits per heavy atom. The van der Waals surface area contributed by atoms with E-state index in [2.05, 4.69) is 15.1 Å². The molecule has 6 nitrogen and oxygen atoms in total. The molecule has 3 aromatic rings. The molecule has 0 unspecified atom stereocenters. The number of rotatable bonds is 7. The van der Waals surface area contributed by atoms with Crippen molar-refractivity contribution in [3.63, 3.8) is 0 Å². The van der Waals surface area contributed by atoms with Crippen molar-refractivity contribution in [1.29, 1.82) is 0 Å². The third-order valence-electron chi connectivity index (χ3n) is 3.80. The van der Waals surface area contributed by atoms with Gasteiger partial charge in [-0.1, -0.05) is 36.4 Å². The van der Waals surface area contributed by atoms with Gasteiger partial charge < -0.3 is 14.0 Å². The first-order valence-electron chi connectivity index (χ1n) is 8.49. The molecule has 1 heterocycles. The summed E-state index contributed by atoms with van der Waals surface area (Å²) in [6.45, 7) is 3.31. The summed E-state index contributed by atoms with van der Waals surface area (Å²) in [7, 11) is 0. The van der Waals surface area contributed by atoms with Crippen LogP contribution in [0.4, 0.5) is 4.79 Å². The van der Waals surface area contributed by atoms with Gasteiger partial charge in [-0.05, 0) is 25.1 Å². The number of amides is 1. The minimum absolute atomic E-state index is 0.308. The summed E-state index contributed by atoms with van der Waals surface area (Å²) in [5.41, 5.74) is 4.34. The molecule has 0 radical (unpaired) electrons. The maximum atomic E-state index is 11.3. The Morgan fingerprint density at radius 1 is 1.15 bits per heavy atom. The number of nitrogens with zero attached hydrogens (tertiary/aromatic N) is 2. The van der Waals surface area contributed by atoms with Crippen LogP contribution in [0.25, 0.3) is 10.9 Å². The third kappa shape index (κ3) is 4.42. The van der Waals surface area contributed by atoms with Crippen molar-refractivity contribution in [2.24, 2.45) is 5.10 Å². The Balaban J connectivity index is 1.70. The van der Waals surface area contributed by atoms with Gasteiger partial charge in [0.15, 0.2) is 0 Å². The van der Waals surface area contributed by atoms with Crippen LogP contribution < -0.4 is 10.2 Å². The van der Waals surface area contributed by atoms with Crippen LogP contribution in [-0.2, 0) is 11.3 Å². The highest BCUT2D eigenvalue weighted by molar-refractivity contribution is 5.99. The zero-order valence-corrected chi connectivity index (χ0v) is 14.6. The van der Waals surface area contributed by atoms with E-state index in [0.29, 0.717) is 19.8 Å². The number of hydrogen-bond acceptors (Lipinski definition) is 4. The lowest BCUT2D eigenvalue weighted by atomic mass is 10.2. The van der Waals surface area contributed by atoms with Crippen LogP contribution in [0.1, 0.15) is 12.5 Å². The molecule has 0 fully saturated rings. The van der Waals surface area contributed by atoms with Gasteiger partial charge in [0, 0.05) is 22.7 Å². The van der Waals surface area contributed by atoms with Crippen LogP contribution in [0.15, 0.2) is 65.9 Å². The van der Waals surface area contributed by atoms with Crippen molar-refractivity contribution in [1.82, 2.24) is 9.99 Å². The number of carbonyl (C=O) groups excluding carboxylic acids is 1. The van der Waals surface area contributed by atoms with Crippen molar-refractivity contribution in [3.05, 3.63) is 66.4 Å². The van der Waals surface area contributed by atoms with Gasteiger partial charge in [0.2, 0.25) is 0 Å². The molecule has 0 atom stereocenters. The van der Waals surface area contributed by atoms with E-state index in [1.807, 2.05) is 60.8 Å². The van der Waals surface area contributed by atoms with E-state index < -0.39 is 6.09 Å². The van der Waals surface area contributed by atoms with Crippen molar-refractivity contribution in [2.45, 2.75) is 13.5 Å². The highest BCUT2D eigenvalue weighted by atomic mass is 16.5.